The van der Waals surface area contributed by atoms with E-state index in [1.54, 1.807) is 4.57 Å². The first-order chi connectivity index (χ1) is 11.7. The number of rotatable bonds is 3. The third-order valence-electron chi connectivity index (χ3n) is 4.44. The van der Waals surface area contributed by atoms with E-state index in [0.29, 0.717) is 11.2 Å². The predicted molar refractivity (Wildman–Crippen MR) is 87.9 cm³/mol. The molecule has 4 atom stereocenters. The van der Waals surface area contributed by atoms with E-state index in [1.165, 1.54) is 12.7 Å². The fraction of sp³-hybridized carbons (Fsp3) is 0.643. The van der Waals surface area contributed by atoms with Gasteiger partial charge in [0.1, 0.15) is 24.6 Å². The highest BCUT2D eigenvalue weighted by atomic mass is 32.2. The van der Waals surface area contributed by atoms with Gasteiger partial charge in [0.2, 0.25) is 0 Å². The minimum atomic E-state index is -1.16. The Bertz CT molecular complexity index is 722. The Morgan fingerprint density at radius 3 is 2.67 bits per heavy atom. The second-order valence-electron chi connectivity index (χ2n) is 5.85. The van der Waals surface area contributed by atoms with Crippen LogP contribution in [0.25, 0.3) is 11.2 Å². The lowest BCUT2D eigenvalue weighted by Gasteiger charge is -2.27. The lowest BCUT2D eigenvalue weighted by molar-refractivity contribution is -0.0511. The van der Waals surface area contributed by atoms with Crippen molar-refractivity contribution in [2.75, 3.05) is 36.1 Å². The van der Waals surface area contributed by atoms with Crippen molar-refractivity contribution < 1.29 is 20.1 Å². The number of hydrogen-bond acceptors (Lipinski definition) is 9. The average molecular weight is 353 g/mol. The Kier molecular flexibility index (Phi) is 4.31. The number of aliphatic hydroxyl groups is 3. The maximum atomic E-state index is 10.2. The zero-order valence-corrected chi connectivity index (χ0v) is 13.7. The molecule has 4 heterocycles. The lowest BCUT2D eigenvalue weighted by Crippen LogP contribution is -2.33. The maximum absolute atomic E-state index is 10.2. The third-order valence-corrected chi connectivity index (χ3v) is 5.38. The van der Waals surface area contributed by atoms with E-state index < -0.39 is 24.5 Å². The summed E-state index contributed by atoms with van der Waals surface area (Å²) in [4.78, 5) is 15.2. The summed E-state index contributed by atoms with van der Waals surface area (Å²) in [6, 6.07) is 0. The van der Waals surface area contributed by atoms with Crippen LogP contribution in [0.4, 0.5) is 5.82 Å². The Labute approximate surface area is 142 Å². The monoisotopic (exact) mass is 353 g/mol. The molecule has 2 fully saturated rings. The highest BCUT2D eigenvalue weighted by Gasteiger charge is 2.44. The first-order valence-corrected chi connectivity index (χ1v) is 8.99. The van der Waals surface area contributed by atoms with E-state index in [-0.39, 0.29) is 6.61 Å². The summed E-state index contributed by atoms with van der Waals surface area (Å²) in [7, 11) is 0. The summed E-state index contributed by atoms with van der Waals surface area (Å²) in [5.41, 5.74) is 1.18. The number of fused-ring (bicyclic) bond motifs is 1. The summed E-state index contributed by atoms with van der Waals surface area (Å²) < 4.78 is 7.15. The Balaban J connectivity index is 1.71. The van der Waals surface area contributed by atoms with E-state index in [1.807, 2.05) is 11.8 Å². The standard InChI is InChI=1S/C14H19N5O4S/c20-5-8-10(21)11(22)14(23-8)19-7-17-9-12(15-6-16-13(9)19)18-1-3-24-4-2-18/h6-8,10-11,14,20-22H,1-5H2/t8-,10-,11-,14-/m1/s1. The van der Waals surface area contributed by atoms with Crippen molar-refractivity contribution in [1.82, 2.24) is 19.5 Å². The van der Waals surface area contributed by atoms with E-state index >= 15 is 0 Å². The van der Waals surface area contributed by atoms with Crippen LogP contribution >= 0.6 is 11.8 Å². The van der Waals surface area contributed by atoms with Gasteiger partial charge in [-0.3, -0.25) is 4.57 Å². The molecule has 2 saturated heterocycles. The molecule has 10 heteroatoms. The van der Waals surface area contributed by atoms with Crippen LogP contribution < -0.4 is 4.90 Å². The molecule has 2 aromatic heterocycles. The van der Waals surface area contributed by atoms with Gasteiger partial charge in [0.25, 0.3) is 0 Å². The molecule has 2 aliphatic heterocycles. The predicted octanol–water partition coefficient (Wildman–Crippen LogP) is -1.01. The van der Waals surface area contributed by atoms with Crippen molar-refractivity contribution in [2.24, 2.45) is 0 Å². The Hall–Kier alpha value is -1.46. The van der Waals surface area contributed by atoms with Gasteiger partial charge in [-0.15, -0.1) is 0 Å². The first kappa shape index (κ1) is 16.0. The van der Waals surface area contributed by atoms with Crippen LogP contribution in [0, 0.1) is 0 Å². The third kappa shape index (κ3) is 2.54. The van der Waals surface area contributed by atoms with Gasteiger partial charge in [0, 0.05) is 24.6 Å². The van der Waals surface area contributed by atoms with Crippen LogP contribution in [0.3, 0.4) is 0 Å². The zero-order chi connectivity index (χ0) is 16.7. The van der Waals surface area contributed by atoms with E-state index in [4.69, 9.17) is 4.74 Å². The van der Waals surface area contributed by atoms with Gasteiger partial charge in [0.05, 0.1) is 12.9 Å². The second-order valence-corrected chi connectivity index (χ2v) is 7.07. The molecule has 3 N–H and O–H groups in total. The van der Waals surface area contributed by atoms with Gasteiger partial charge in [-0.05, 0) is 0 Å². The Morgan fingerprint density at radius 2 is 1.96 bits per heavy atom. The number of hydrogen-bond donors (Lipinski definition) is 3. The van der Waals surface area contributed by atoms with Crippen molar-refractivity contribution in [1.29, 1.82) is 0 Å². The molecular formula is C14H19N5O4S. The van der Waals surface area contributed by atoms with Crippen LogP contribution in [0.1, 0.15) is 6.23 Å². The maximum Gasteiger partial charge on any atom is 0.167 e. The summed E-state index contributed by atoms with van der Waals surface area (Å²) in [5.74, 6) is 2.85. The molecule has 2 aromatic rings. The molecule has 2 aliphatic rings. The molecule has 0 unspecified atom stereocenters. The van der Waals surface area contributed by atoms with Crippen molar-refractivity contribution in [3.8, 4) is 0 Å². The van der Waals surface area contributed by atoms with Gasteiger partial charge in [-0.2, -0.15) is 11.8 Å². The number of aromatic nitrogens is 4. The van der Waals surface area contributed by atoms with Crippen molar-refractivity contribution >= 4 is 28.7 Å². The highest BCUT2D eigenvalue weighted by molar-refractivity contribution is 7.99. The van der Waals surface area contributed by atoms with Crippen LogP contribution in [0.2, 0.25) is 0 Å². The summed E-state index contributed by atoms with van der Waals surface area (Å²) in [6.45, 7) is 1.43. The number of anilines is 1. The van der Waals surface area contributed by atoms with E-state index in [0.717, 1.165) is 30.4 Å². The fourth-order valence-electron chi connectivity index (χ4n) is 3.14. The summed E-state index contributed by atoms with van der Waals surface area (Å²) in [6.07, 6.45) is -0.993. The van der Waals surface area contributed by atoms with Crippen molar-refractivity contribution in [3.05, 3.63) is 12.7 Å². The van der Waals surface area contributed by atoms with Crippen LogP contribution in [0.5, 0.6) is 0 Å². The quantitative estimate of drug-likeness (QED) is 0.638. The van der Waals surface area contributed by atoms with Crippen LogP contribution in [0.15, 0.2) is 12.7 Å². The Morgan fingerprint density at radius 1 is 1.17 bits per heavy atom. The van der Waals surface area contributed by atoms with Gasteiger partial charge in [-0.25, -0.2) is 15.0 Å². The second kappa shape index (κ2) is 6.45. The molecule has 0 saturated carbocycles. The molecule has 0 aromatic carbocycles. The number of thioether (sulfide) groups is 1. The lowest BCUT2D eigenvalue weighted by atomic mass is 10.1. The smallest absolute Gasteiger partial charge is 0.167 e. The largest absolute Gasteiger partial charge is 0.394 e. The van der Waals surface area contributed by atoms with Crippen molar-refractivity contribution in [3.63, 3.8) is 0 Å². The SMILES string of the molecule is OC[C@H]1O[C@@H](n2cnc3c(N4CCSCC4)ncnc32)[C@H](O)[C@@H]1O. The topological polar surface area (TPSA) is 117 Å². The van der Waals surface area contributed by atoms with E-state index in [2.05, 4.69) is 19.9 Å². The molecule has 4 rings (SSSR count). The summed E-state index contributed by atoms with van der Waals surface area (Å²) >= 11 is 1.91. The van der Waals surface area contributed by atoms with Crippen molar-refractivity contribution in [2.45, 2.75) is 24.5 Å². The first-order valence-electron chi connectivity index (χ1n) is 7.83. The molecule has 24 heavy (non-hydrogen) atoms. The summed E-state index contributed by atoms with van der Waals surface area (Å²) in [5, 5.41) is 29.4. The molecule has 0 aliphatic carbocycles. The van der Waals surface area contributed by atoms with Gasteiger partial charge >= 0.3 is 0 Å². The molecule has 0 bridgehead atoms. The number of ether oxygens (including phenoxy) is 1. The van der Waals surface area contributed by atoms with E-state index in [9.17, 15) is 15.3 Å². The van der Waals surface area contributed by atoms with Crippen LogP contribution in [-0.4, -0.2) is 84.4 Å². The highest BCUT2D eigenvalue weighted by Crippen LogP contribution is 2.32. The number of aliphatic hydroxyl groups excluding tert-OH is 3. The molecule has 0 spiro atoms. The minimum Gasteiger partial charge on any atom is -0.394 e. The number of nitrogens with zero attached hydrogens (tertiary/aromatic N) is 5. The molecule has 130 valence electrons. The normalized spacial score (nSPS) is 31.0. The zero-order valence-electron chi connectivity index (χ0n) is 12.9. The number of imidazole rings is 1. The molecule has 0 radical (unpaired) electrons. The fourth-order valence-corrected chi connectivity index (χ4v) is 4.05. The van der Waals surface area contributed by atoms with Gasteiger partial charge in [-0.1, -0.05) is 0 Å². The molecule has 0 amide bonds. The molecular weight excluding hydrogens is 334 g/mol. The molecule has 9 nitrogen and oxygen atoms in total. The van der Waals surface area contributed by atoms with Gasteiger partial charge < -0.3 is 25.0 Å². The average Bonchev–Trinajstić information content (AvgIpc) is 3.17. The van der Waals surface area contributed by atoms with Crippen LogP contribution in [-0.2, 0) is 4.74 Å². The van der Waals surface area contributed by atoms with Gasteiger partial charge in [0.15, 0.2) is 23.2 Å². The minimum absolute atomic E-state index is 0.368.